The van der Waals surface area contributed by atoms with Gasteiger partial charge in [0.25, 0.3) is 0 Å². The fraction of sp³-hybridized carbons (Fsp3) is 0.917. The van der Waals surface area contributed by atoms with Crippen LogP contribution in [-0.4, -0.2) is 23.8 Å². The molecular weight excluding hydrogens is 192 g/mol. The second-order valence-electron chi connectivity index (χ2n) is 4.33. The summed E-state index contributed by atoms with van der Waals surface area (Å²) < 4.78 is 4.83. The molecule has 0 amide bonds. The average Bonchev–Trinajstić information content (AvgIpc) is 2.64. The van der Waals surface area contributed by atoms with Crippen LogP contribution in [0.1, 0.15) is 51.9 Å². The van der Waals surface area contributed by atoms with Gasteiger partial charge in [0, 0.05) is 0 Å². The van der Waals surface area contributed by atoms with Gasteiger partial charge in [0.05, 0.1) is 18.6 Å². The van der Waals surface area contributed by atoms with Crippen molar-refractivity contribution in [1.29, 1.82) is 0 Å². The topological polar surface area (TPSA) is 46.5 Å². The summed E-state index contributed by atoms with van der Waals surface area (Å²) >= 11 is 0. The number of aliphatic hydroxyl groups is 1. The summed E-state index contributed by atoms with van der Waals surface area (Å²) in [6.07, 6.45) is 6.86. The number of ether oxygens (including phenoxy) is 1. The first-order valence-corrected chi connectivity index (χ1v) is 6.10. The van der Waals surface area contributed by atoms with E-state index < -0.39 is 6.10 Å². The summed E-state index contributed by atoms with van der Waals surface area (Å²) in [5.41, 5.74) is 0. The number of carbonyl (C=O) groups excluding carboxylic acids is 1. The van der Waals surface area contributed by atoms with Crippen molar-refractivity contribution in [2.45, 2.75) is 58.0 Å². The maximum atomic E-state index is 11.2. The standard InChI is InChI=1S/C12H22O3/c1-2-3-4-5-6-7-11(13)10-8-9-15-12(10)14/h10-11,13H,2-9H2,1H3/t10-,11+/m0/s1. The lowest BCUT2D eigenvalue weighted by Gasteiger charge is -2.13. The summed E-state index contributed by atoms with van der Waals surface area (Å²) in [6, 6.07) is 0. The summed E-state index contributed by atoms with van der Waals surface area (Å²) in [6.45, 7) is 2.67. The molecule has 0 saturated carbocycles. The Labute approximate surface area is 91.8 Å². The molecule has 1 aliphatic rings. The van der Waals surface area contributed by atoms with Crippen molar-refractivity contribution >= 4 is 5.97 Å². The monoisotopic (exact) mass is 214 g/mol. The SMILES string of the molecule is CCCCCCC[C@@H](O)[C@@H]1CCOC1=O. The number of esters is 1. The third-order valence-electron chi connectivity index (χ3n) is 3.04. The van der Waals surface area contributed by atoms with Crippen molar-refractivity contribution in [2.24, 2.45) is 5.92 Å². The number of unbranched alkanes of at least 4 members (excludes halogenated alkanes) is 4. The number of carbonyl (C=O) groups is 1. The second-order valence-corrected chi connectivity index (χ2v) is 4.33. The van der Waals surface area contributed by atoms with Crippen LogP contribution in [0.5, 0.6) is 0 Å². The highest BCUT2D eigenvalue weighted by atomic mass is 16.5. The molecule has 1 aliphatic heterocycles. The van der Waals surface area contributed by atoms with Gasteiger partial charge in [0.1, 0.15) is 0 Å². The van der Waals surface area contributed by atoms with Crippen molar-refractivity contribution < 1.29 is 14.6 Å². The lowest BCUT2D eigenvalue weighted by molar-refractivity contribution is -0.144. The Morgan fingerprint density at radius 3 is 2.73 bits per heavy atom. The maximum Gasteiger partial charge on any atom is 0.311 e. The highest BCUT2D eigenvalue weighted by molar-refractivity contribution is 5.74. The molecule has 3 nitrogen and oxygen atoms in total. The molecule has 0 bridgehead atoms. The Morgan fingerprint density at radius 2 is 2.13 bits per heavy atom. The molecule has 0 unspecified atom stereocenters. The van der Waals surface area contributed by atoms with E-state index in [9.17, 15) is 9.90 Å². The number of cyclic esters (lactones) is 1. The Morgan fingerprint density at radius 1 is 1.40 bits per heavy atom. The number of hydrogen-bond acceptors (Lipinski definition) is 3. The maximum absolute atomic E-state index is 11.2. The molecule has 0 aromatic heterocycles. The zero-order valence-corrected chi connectivity index (χ0v) is 9.58. The number of aliphatic hydroxyl groups excluding tert-OH is 1. The van der Waals surface area contributed by atoms with E-state index in [-0.39, 0.29) is 11.9 Å². The predicted molar refractivity (Wildman–Crippen MR) is 58.4 cm³/mol. The van der Waals surface area contributed by atoms with Gasteiger partial charge in [0.2, 0.25) is 0 Å². The van der Waals surface area contributed by atoms with Crippen LogP contribution in [0.25, 0.3) is 0 Å². The molecule has 1 fully saturated rings. The van der Waals surface area contributed by atoms with E-state index in [0.717, 1.165) is 19.3 Å². The highest BCUT2D eigenvalue weighted by Crippen LogP contribution is 2.22. The van der Waals surface area contributed by atoms with Gasteiger partial charge in [-0.2, -0.15) is 0 Å². The Bertz CT molecular complexity index is 191. The smallest absolute Gasteiger partial charge is 0.311 e. The largest absolute Gasteiger partial charge is 0.465 e. The third kappa shape index (κ3) is 4.20. The number of hydrogen-bond donors (Lipinski definition) is 1. The van der Waals surface area contributed by atoms with Crippen molar-refractivity contribution in [3.63, 3.8) is 0 Å². The van der Waals surface area contributed by atoms with Gasteiger partial charge in [0.15, 0.2) is 0 Å². The predicted octanol–water partition coefficient (Wildman–Crippen LogP) is 2.27. The fourth-order valence-electron chi connectivity index (χ4n) is 2.02. The third-order valence-corrected chi connectivity index (χ3v) is 3.04. The van der Waals surface area contributed by atoms with Crippen LogP contribution < -0.4 is 0 Å². The van der Waals surface area contributed by atoms with Crippen LogP contribution in [0.15, 0.2) is 0 Å². The van der Waals surface area contributed by atoms with Crippen molar-refractivity contribution in [1.82, 2.24) is 0 Å². The highest BCUT2D eigenvalue weighted by Gasteiger charge is 2.32. The molecule has 0 aromatic carbocycles. The lowest BCUT2D eigenvalue weighted by atomic mass is 9.96. The second kappa shape index (κ2) is 6.83. The van der Waals surface area contributed by atoms with Crippen LogP contribution >= 0.6 is 0 Å². The average molecular weight is 214 g/mol. The minimum atomic E-state index is -0.485. The first-order chi connectivity index (χ1) is 7.25. The quantitative estimate of drug-likeness (QED) is 0.522. The molecule has 88 valence electrons. The first-order valence-electron chi connectivity index (χ1n) is 6.10. The first kappa shape index (κ1) is 12.5. The van der Waals surface area contributed by atoms with E-state index in [0.29, 0.717) is 13.0 Å². The summed E-state index contributed by atoms with van der Waals surface area (Å²) in [5, 5.41) is 9.78. The zero-order valence-electron chi connectivity index (χ0n) is 9.58. The van der Waals surface area contributed by atoms with Crippen LogP contribution in [0.2, 0.25) is 0 Å². The fourth-order valence-corrected chi connectivity index (χ4v) is 2.02. The van der Waals surface area contributed by atoms with E-state index in [1.54, 1.807) is 0 Å². The van der Waals surface area contributed by atoms with Gasteiger partial charge in [-0.15, -0.1) is 0 Å². The molecule has 0 spiro atoms. The zero-order chi connectivity index (χ0) is 11.1. The molecule has 3 heteroatoms. The molecule has 0 radical (unpaired) electrons. The van der Waals surface area contributed by atoms with Gasteiger partial charge < -0.3 is 9.84 Å². The Balaban J connectivity index is 2.07. The number of rotatable bonds is 7. The van der Waals surface area contributed by atoms with E-state index in [2.05, 4.69) is 6.92 Å². The van der Waals surface area contributed by atoms with Crippen LogP contribution in [0, 0.1) is 5.92 Å². The molecule has 0 aliphatic carbocycles. The van der Waals surface area contributed by atoms with Gasteiger partial charge in [-0.3, -0.25) is 4.79 Å². The Hall–Kier alpha value is -0.570. The van der Waals surface area contributed by atoms with E-state index >= 15 is 0 Å². The van der Waals surface area contributed by atoms with Gasteiger partial charge in [-0.25, -0.2) is 0 Å². The molecule has 1 heterocycles. The molecular formula is C12H22O3. The molecule has 0 aromatic rings. The summed E-state index contributed by atoms with van der Waals surface area (Å²) in [7, 11) is 0. The van der Waals surface area contributed by atoms with Gasteiger partial charge in [-0.05, 0) is 12.8 Å². The van der Waals surface area contributed by atoms with E-state index in [1.807, 2.05) is 0 Å². The van der Waals surface area contributed by atoms with Crippen LogP contribution in [-0.2, 0) is 9.53 Å². The molecule has 15 heavy (non-hydrogen) atoms. The molecule has 1 N–H and O–H groups in total. The minimum absolute atomic E-state index is 0.212. The van der Waals surface area contributed by atoms with Crippen molar-refractivity contribution in [3.8, 4) is 0 Å². The van der Waals surface area contributed by atoms with Crippen LogP contribution in [0.3, 0.4) is 0 Å². The minimum Gasteiger partial charge on any atom is -0.465 e. The van der Waals surface area contributed by atoms with Gasteiger partial charge >= 0.3 is 5.97 Å². The van der Waals surface area contributed by atoms with E-state index in [1.165, 1.54) is 19.3 Å². The normalized spacial score (nSPS) is 22.8. The van der Waals surface area contributed by atoms with Crippen molar-refractivity contribution in [2.75, 3.05) is 6.61 Å². The van der Waals surface area contributed by atoms with Crippen LogP contribution in [0.4, 0.5) is 0 Å². The lowest BCUT2D eigenvalue weighted by Crippen LogP contribution is -2.24. The Kier molecular flexibility index (Phi) is 5.69. The molecule has 1 rings (SSSR count). The van der Waals surface area contributed by atoms with Gasteiger partial charge in [-0.1, -0.05) is 39.0 Å². The summed E-state index contributed by atoms with van der Waals surface area (Å²) in [4.78, 5) is 11.2. The molecule has 2 atom stereocenters. The summed E-state index contributed by atoms with van der Waals surface area (Å²) in [5.74, 6) is -0.466. The van der Waals surface area contributed by atoms with Crippen molar-refractivity contribution in [3.05, 3.63) is 0 Å². The molecule has 1 saturated heterocycles. The van der Waals surface area contributed by atoms with E-state index in [4.69, 9.17) is 4.74 Å².